The third kappa shape index (κ3) is 2.97. The minimum absolute atomic E-state index is 0.371. The van der Waals surface area contributed by atoms with Gasteiger partial charge in [0.1, 0.15) is 6.04 Å². The molecule has 2 aromatic rings. The van der Waals surface area contributed by atoms with Crippen LogP contribution in [0.15, 0.2) is 41.8 Å². The van der Waals surface area contributed by atoms with E-state index in [9.17, 15) is 4.79 Å². The van der Waals surface area contributed by atoms with Gasteiger partial charge in [0.05, 0.1) is 7.11 Å². The monoisotopic (exact) mass is 261 g/mol. The quantitative estimate of drug-likeness (QED) is 0.860. The van der Waals surface area contributed by atoms with E-state index in [1.165, 1.54) is 12.7 Å². The molecule has 1 heterocycles. The normalized spacial score (nSPS) is 12.1. The van der Waals surface area contributed by atoms with Crippen molar-refractivity contribution >= 4 is 17.3 Å². The molecule has 18 heavy (non-hydrogen) atoms. The lowest BCUT2D eigenvalue weighted by Crippen LogP contribution is -2.33. The average Bonchev–Trinajstić information content (AvgIpc) is 2.87. The first-order valence-corrected chi connectivity index (χ1v) is 6.55. The number of ether oxygens (including phenoxy) is 1. The van der Waals surface area contributed by atoms with E-state index < -0.39 is 6.04 Å². The number of rotatable bonds is 4. The molecular weight excluding hydrogens is 246 g/mol. The average molecular weight is 261 g/mol. The Kier molecular flexibility index (Phi) is 4.12. The molecule has 0 saturated heterocycles. The maximum absolute atomic E-state index is 11.3. The molecule has 1 unspecified atom stereocenters. The molecule has 2 N–H and O–H groups in total. The summed E-state index contributed by atoms with van der Waals surface area (Å²) in [5, 5.41) is 2.08. The number of carbonyl (C=O) groups is 1. The highest BCUT2D eigenvalue weighted by Gasteiger charge is 2.15. The van der Waals surface area contributed by atoms with Crippen molar-refractivity contribution in [2.24, 2.45) is 5.73 Å². The van der Waals surface area contributed by atoms with Gasteiger partial charge >= 0.3 is 5.97 Å². The van der Waals surface area contributed by atoms with Crippen molar-refractivity contribution in [1.82, 2.24) is 0 Å². The summed E-state index contributed by atoms with van der Waals surface area (Å²) in [7, 11) is 1.35. The molecular formula is C14H15NO2S. The topological polar surface area (TPSA) is 52.3 Å². The predicted molar refractivity (Wildman–Crippen MR) is 73.5 cm³/mol. The number of carbonyl (C=O) groups excluding carboxylic acids is 1. The van der Waals surface area contributed by atoms with Crippen molar-refractivity contribution in [3.63, 3.8) is 0 Å². The molecule has 1 atom stereocenters. The number of nitrogens with two attached hydrogens (primary N) is 1. The maximum Gasteiger partial charge on any atom is 0.323 e. The molecule has 94 valence electrons. The standard InChI is InChI=1S/C14H15NO2S/c1-17-14(16)13(15)8-12-7-11(9-18-12)10-5-3-2-4-6-10/h2-7,9,13H,8,15H2,1H3. The summed E-state index contributed by atoms with van der Waals surface area (Å²) in [6.07, 6.45) is 0.518. The van der Waals surface area contributed by atoms with E-state index in [-0.39, 0.29) is 5.97 Å². The van der Waals surface area contributed by atoms with Crippen LogP contribution in [0.25, 0.3) is 11.1 Å². The van der Waals surface area contributed by atoms with Gasteiger partial charge in [-0.3, -0.25) is 4.79 Å². The van der Waals surface area contributed by atoms with Crippen molar-refractivity contribution < 1.29 is 9.53 Å². The zero-order valence-electron chi connectivity index (χ0n) is 10.1. The Labute approximate surface area is 110 Å². The van der Waals surface area contributed by atoms with E-state index in [0.29, 0.717) is 6.42 Å². The lowest BCUT2D eigenvalue weighted by Gasteiger charge is -2.06. The highest BCUT2D eigenvalue weighted by Crippen LogP contribution is 2.26. The first-order chi connectivity index (χ1) is 8.70. The minimum atomic E-state index is -0.586. The van der Waals surface area contributed by atoms with Crippen LogP contribution in [0.3, 0.4) is 0 Å². The van der Waals surface area contributed by atoms with Gasteiger partial charge in [-0.2, -0.15) is 0 Å². The van der Waals surface area contributed by atoms with Crippen LogP contribution in [0.2, 0.25) is 0 Å². The Hall–Kier alpha value is -1.65. The molecule has 0 amide bonds. The van der Waals surface area contributed by atoms with Gasteiger partial charge in [-0.1, -0.05) is 30.3 Å². The number of thiophene rings is 1. The van der Waals surface area contributed by atoms with Gasteiger partial charge in [0.2, 0.25) is 0 Å². The fraction of sp³-hybridized carbons (Fsp3) is 0.214. The SMILES string of the molecule is COC(=O)C(N)Cc1cc(-c2ccccc2)cs1. The van der Waals surface area contributed by atoms with Crippen molar-refractivity contribution in [3.05, 3.63) is 46.7 Å². The Morgan fingerprint density at radius 3 is 2.72 bits per heavy atom. The van der Waals surface area contributed by atoms with Crippen LogP contribution in [-0.2, 0) is 16.0 Å². The first kappa shape index (κ1) is 12.8. The largest absolute Gasteiger partial charge is 0.468 e. The summed E-state index contributed by atoms with van der Waals surface area (Å²) >= 11 is 1.61. The molecule has 0 spiro atoms. The second kappa shape index (κ2) is 5.80. The zero-order chi connectivity index (χ0) is 13.0. The molecule has 1 aromatic carbocycles. The van der Waals surface area contributed by atoms with Crippen molar-refractivity contribution in [2.45, 2.75) is 12.5 Å². The number of methoxy groups -OCH3 is 1. The highest BCUT2D eigenvalue weighted by molar-refractivity contribution is 7.10. The fourth-order valence-electron chi connectivity index (χ4n) is 1.72. The van der Waals surface area contributed by atoms with Crippen LogP contribution in [-0.4, -0.2) is 19.1 Å². The number of benzene rings is 1. The van der Waals surface area contributed by atoms with Crippen molar-refractivity contribution in [3.8, 4) is 11.1 Å². The Bertz CT molecular complexity index is 522. The van der Waals surface area contributed by atoms with Gasteiger partial charge in [-0.25, -0.2) is 0 Å². The molecule has 4 heteroatoms. The summed E-state index contributed by atoms with van der Waals surface area (Å²) in [6, 6.07) is 11.6. The molecule has 2 rings (SSSR count). The molecule has 0 aliphatic carbocycles. The highest BCUT2D eigenvalue weighted by atomic mass is 32.1. The molecule has 1 aromatic heterocycles. The van der Waals surface area contributed by atoms with E-state index in [1.807, 2.05) is 18.2 Å². The van der Waals surface area contributed by atoms with E-state index in [0.717, 1.165) is 10.4 Å². The molecule has 0 aliphatic rings. The van der Waals surface area contributed by atoms with Gasteiger partial charge in [0, 0.05) is 11.3 Å². The predicted octanol–water partition coefficient (Wildman–Crippen LogP) is 2.46. The summed E-state index contributed by atoms with van der Waals surface area (Å²) in [4.78, 5) is 12.3. The Morgan fingerprint density at radius 1 is 1.33 bits per heavy atom. The van der Waals surface area contributed by atoms with Crippen molar-refractivity contribution in [2.75, 3.05) is 7.11 Å². The van der Waals surface area contributed by atoms with Crippen LogP contribution in [0.5, 0.6) is 0 Å². The van der Waals surface area contributed by atoms with E-state index in [2.05, 4.69) is 28.3 Å². The van der Waals surface area contributed by atoms with Crippen LogP contribution < -0.4 is 5.73 Å². The van der Waals surface area contributed by atoms with Gasteiger partial charge < -0.3 is 10.5 Å². The van der Waals surface area contributed by atoms with Crippen molar-refractivity contribution in [1.29, 1.82) is 0 Å². The smallest absolute Gasteiger partial charge is 0.323 e. The minimum Gasteiger partial charge on any atom is -0.468 e. The third-order valence-corrected chi connectivity index (χ3v) is 3.64. The summed E-state index contributed by atoms with van der Waals surface area (Å²) in [5.74, 6) is -0.371. The number of hydrogen-bond donors (Lipinski definition) is 1. The molecule has 0 bridgehead atoms. The van der Waals surface area contributed by atoms with Gasteiger partial charge in [0.15, 0.2) is 0 Å². The van der Waals surface area contributed by atoms with Gasteiger partial charge in [-0.15, -0.1) is 11.3 Å². The third-order valence-electron chi connectivity index (χ3n) is 2.69. The van der Waals surface area contributed by atoms with E-state index in [4.69, 9.17) is 5.73 Å². The number of hydrogen-bond acceptors (Lipinski definition) is 4. The first-order valence-electron chi connectivity index (χ1n) is 5.67. The molecule has 0 radical (unpaired) electrons. The Balaban J connectivity index is 2.09. The molecule has 0 aliphatic heterocycles. The van der Waals surface area contributed by atoms with Crippen LogP contribution in [0.4, 0.5) is 0 Å². The molecule has 3 nitrogen and oxygen atoms in total. The zero-order valence-corrected chi connectivity index (χ0v) is 10.9. The lowest BCUT2D eigenvalue weighted by molar-refractivity contribution is -0.142. The molecule has 0 fully saturated rings. The maximum atomic E-state index is 11.3. The fourth-order valence-corrected chi connectivity index (χ4v) is 2.67. The van der Waals surface area contributed by atoms with Crippen LogP contribution in [0, 0.1) is 0 Å². The second-order valence-electron chi connectivity index (χ2n) is 4.00. The van der Waals surface area contributed by atoms with Gasteiger partial charge in [0.25, 0.3) is 0 Å². The van der Waals surface area contributed by atoms with E-state index >= 15 is 0 Å². The van der Waals surface area contributed by atoms with Crippen LogP contribution in [0.1, 0.15) is 4.88 Å². The lowest BCUT2D eigenvalue weighted by atomic mass is 10.1. The molecule has 0 saturated carbocycles. The summed E-state index contributed by atoms with van der Waals surface area (Å²) in [5.41, 5.74) is 8.07. The number of esters is 1. The summed E-state index contributed by atoms with van der Waals surface area (Å²) < 4.78 is 4.62. The van der Waals surface area contributed by atoms with Crippen LogP contribution >= 0.6 is 11.3 Å². The van der Waals surface area contributed by atoms with E-state index in [1.54, 1.807) is 11.3 Å². The second-order valence-corrected chi connectivity index (χ2v) is 5.00. The summed E-state index contributed by atoms with van der Waals surface area (Å²) in [6.45, 7) is 0. The Morgan fingerprint density at radius 2 is 2.06 bits per heavy atom. The van der Waals surface area contributed by atoms with Gasteiger partial charge in [-0.05, 0) is 22.6 Å².